The van der Waals surface area contributed by atoms with E-state index in [1.54, 1.807) is 6.07 Å². The van der Waals surface area contributed by atoms with Gasteiger partial charge in [0.2, 0.25) is 12.2 Å². The molecule has 2 heterocycles. The molecular formula is C9H9N3O4. The molecule has 0 saturated heterocycles. The first-order valence-corrected chi connectivity index (χ1v) is 4.53. The summed E-state index contributed by atoms with van der Waals surface area (Å²) in [4.78, 5) is 14.3. The summed E-state index contributed by atoms with van der Waals surface area (Å²) in [7, 11) is 0. The Kier molecular flexibility index (Phi) is 2.97. The number of aromatic nitrogens is 2. The summed E-state index contributed by atoms with van der Waals surface area (Å²) >= 11 is 0. The summed E-state index contributed by atoms with van der Waals surface area (Å²) in [6, 6.07) is 3.01. The number of rotatable bonds is 5. The van der Waals surface area contributed by atoms with Gasteiger partial charge in [-0.3, -0.25) is 0 Å². The Morgan fingerprint density at radius 3 is 2.94 bits per heavy atom. The molecule has 0 aliphatic heterocycles. The molecule has 2 N–H and O–H groups in total. The minimum absolute atomic E-state index is 0.0728. The van der Waals surface area contributed by atoms with Crippen molar-refractivity contribution in [3.8, 4) is 0 Å². The van der Waals surface area contributed by atoms with Crippen molar-refractivity contribution in [3.63, 3.8) is 0 Å². The molecule has 0 spiro atoms. The van der Waals surface area contributed by atoms with Crippen LogP contribution >= 0.6 is 0 Å². The molecule has 0 amide bonds. The quantitative estimate of drug-likeness (QED) is 0.767. The maximum absolute atomic E-state index is 10.5. The third kappa shape index (κ3) is 2.45. The standard InChI is InChI=1S/C9H9N3O4/c13-9(14)7-2-1-6(16-7)3-10-4-8-11-5-15-12-8/h1-2,5,10H,3-4H2,(H,13,14). The molecule has 0 aliphatic carbocycles. The Morgan fingerprint density at radius 2 is 2.31 bits per heavy atom. The Hall–Kier alpha value is -2.15. The molecule has 0 unspecified atom stereocenters. The van der Waals surface area contributed by atoms with Gasteiger partial charge in [-0.15, -0.1) is 0 Å². The molecule has 2 aromatic rings. The summed E-state index contributed by atoms with van der Waals surface area (Å²) in [6.45, 7) is 0.835. The molecule has 7 nitrogen and oxygen atoms in total. The van der Waals surface area contributed by atoms with E-state index >= 15 is 0 Å². The molecule has 0 atom stereocenters. The van der Waals surface area contributed by atoms with Crippen LogP contribution in [0.1, 0.15) is 22.1 Å². The zero-order valence-electron chi connectivity index (χ0n) is 8.21. The molecule has 2 rings (SSSR count). The van der Waals surface area contributed by atoms with Crippen LogP contribution in [0.4, 0.5) is 0 Å². The number of nitrogens with zero attached hydrogens (tertiary/aromatic N) is 2. The highest BCUT2D eigenvalue weighted by Gasteiger charge is 2.08. The van der Waals surface area contributed by atoms with Crippen LogP contribution in [0.3, 0.4) is 0 Å². The van der Waals surface area contributed by atoms with Crippen molar-refractivity contribution in [2.45, 2.75) is 13.1 Å². The van der Waals surface area contributed by atoms with Crippen LogP contribution in [-0.2, 0) is 13.1 Å². The number of aromatic carboxylic acids is 1. The summed E-state index contributed by atoms with van der Waals surface area (Å²) < 4.78 is 9.59. The van der Waals surface area contributed by atoms with Gasteiger partial charge < -0.3 is 19.4 Å². The van der Waals surface area contributed by atoms with Gasteiger partial charge in [0.05, 0.1) is 13.1 Å². The minimum Gasteiger partial charge on any atom is -0.475 e. The second kappa shape index (κ2) is 4.58. The summed E-state index contributed by atoms with van der Waals surface area (Å²) in [6.07, 6.45) is 1.24. The highest BCUT2D eigenvalue weighted by atomic mass is 16.5. The van der Waals surface area contributed by atoms with E-state index in [4.69, 9.17) is 9.52 Å². The van der Waals surface area contributed by atoms with Gasteiger partial charge in [-0.25, -0.2) is 4.79 Å². The zero-order valence-corrected chi connectivity index (χ0v) is 8.21. The van der Waals surface area contributed by atoms with Crippen molar-refractivity contribution < 1.29 is 18.8 Å². The van der Waals surface area contributed by atoms with Crippen LogP contribution < -0.4 is 5.32 Å². The van der Waals surface area contributed by atoms with Gasteiger partial charge in [0.25, 0.3) is 0 Å². The van der Waals surface area contributed by atoms with Crippen molar-refractivity contribution in [1.82, 2.24) is 15.5 Å². The van der Waals surface area contributed by atoms with Crippen molar-refractivity contribution in [3.05, 3.63) is 35.9 Å². The summed E-state index contributed by atoms with van der Waals surface area (Å²) in [5, 5.41) is 15.2. The van der Waals surface area contributed by atoms with E-state index in [0.29, 0.717) is 24.7 Å². The fourth-order valence-corrected chi connectivity index (χ4v) is 1.16. The molecular weight excluding hydrogens is 214 g/mol. The first-order valence-electron chi connectivity index (χ1n) is 4.53. The molecule has 0 saturated carbocycles. The first-order chi connectivity index (χ1) is 7.75. The first kappa shape index (κ1) is 10.4. The van der Waals surface area contributed by atoms with Crippen LogP contribution in [0.5, 0.6) is 0 Å². The van der Waals surface area contributed by atoms with Crippen LogP contribution in [0.25, 0.3) is 0 Å². The highest BCUT2D eigenvalue weighted by Crippen LogP contribution is 2.07. The largest absolute Gasteiger partial charge is 0.475 e. The van der Waals surface area contributed by atoms with Gasteiger partial charge in [-0.2, -0.15) is 4.98 Å². The van der Waals surface area contributed by atoms with Gasteiger partial charge in [-0.05, 0) is 12.1 Å². The van der Waals surface area contributed by atoms with Crippen molar-refractivity contribution in [2.75, 3.05) is 0 Å². The van der Waals surface area contributed by atoms with Crippen LogP contribution in [0.2, 0.25) is 0 Å². The maximum atomic E-state index is 10.5. The predicted molar refractivity (Wildman–Crippen MR) is 50.5 cm³/mol. The maximum Gasteiger partial charge on any atom is 0.371 e. The molecule has 2 aromatic heterocycles. The zero-order chi connectivity index (χ0) is 11.4. The van der Waals surface area contributed by atoms with Gasteiger partial charge in [0, 0.05) is 0 Å². The second-order valence-electron chi connectivity index (χ2n) is 3.02. The number of carboxylic acids is 1. The molecule has 16 heavy (non-hydrogen) atoms. The van der Waals surface area contributed by atoms with Gasteiger partial charge in [0.1, 0.15) is 5.76 Å². The molecule has 84 valence electrons. The van der Waals surface area contributed by atoms with Crippen LogP contribution in [-0.4, -0.2) is 21.2 Å². The summed E-state index contributed by atoms with van der Waals surface area (Å²) in [5.41, 5.74) is 0. The lowest BCUT2D eigenvalue weighted by atomic mass is 10.4. The van der Waals surface area contributed by atoms with E-state index < -0.39 is 5.97 Å². The number of hydrogen-bond acceptors (Lipinski definition) is 6. The molecule has 0 fully saturated rings. The number of hydrogen-bond donors (Lipinski definition) is 2. The third-order valence-corrected chi connectivity index (χ3v) is 1.86. The monoisotopic (exact) mass is 223 g/mol. The van der Waals surface area contributed by atoms with Crippen molar-refractivity contribution >= 4 is 5.97 Å². The Labute approximate surface area is 90.1 Å². The topological polar surface area (TPSA) is 101 Å². The number of nitrogens with one attached hydrogen (secondary N) is 1. The smallest absolute Gasteiger partial charge is 0.371 e. The van der Waals surface area contributed by atoms with Gasteiger partial charge >= 0.3 is 5.97 Å². The van der Waals surface area contributed by atoms with E-state index in [2.05, 4.69) is 20.0 Å². The van der Waals surface area contributed by atoms with Crippen LogP contribution in [0.15, 0.2) is 27.5 Å². The predicted octanol–water partition coefficient (Wildman–Crippen LogP) is 0.651. The average Bonchev–Trinajstić information content (AvgIpc) is 2.87. The molecule has 0 aliphatic rings. The lowest BCUT2D eigenvalue weighted by Gasteiger charge is -1.97. The van der Waals surface area contributed by atoms with E-state index in [-0.39, 0.29) is 5.76 Å². The molecule has 0 aromatic carbocycles. The SMILES string of the molecule is O=C(O)c1ccc(CNCc2ncon2)o1. The fraction of sp³-hybridized carbons (Fsp3) is 0.222. The Balaban J connectivity index is 1.83. The normalized spacial score (nSPS) is 10.5. The number of furan rings is 1. The lowest BCUT2D eigenvalue weighted by Crippen LogP contribution is -2.13. The summed E-state index contributed by atoms with van der Waals surface area (Å²) in [5.74, 6) is -0.0771. The second-order valence-corrected chi connectivity index (χ2v) is 3.02. The Morgan fingerprint density at radius 1 is 1.44 bits per heavy atom. The number of carbonyl (C=O) groups is 1. The minimum atomic E-state index is -1.08. The molecule has 0 bridgehead atoms. The highest BCUT2D eigenvalue weighted by molar-refractivity contribution is 5.84. The van der Waals surface area contributed by atoms with Crippen molar-refractivity contribution in [1.29, 1.82) is 0 Å². The average molecular weight is 223 g/mol. The van der Waals surface area contributed by atoms with Crippen LogP contribution in [0, 0.1) is 0 Å². The molecule has 7 heteroatoms. The van der Waals surface area contributed by atoms with E-state index in [1.165, 1.54) is 12.5 Å². The lowest BCUT2D eigenvalue weighted by molar-refractivity contribution is 0.0660. The fourth-order valence-electron chi connectivity index (χ4n) is 1.16. The third-order valence-electron chi connectivity index (χ3n) is 1.86. The Bertz CT molecular complexity index is 463. The number of carboxylic acid groups (broad SMARTS) is 1. The van der Waals surface area contributed by atoms with E-state index in [9.17, 15) is 4.79 Å². The van der Waals surface area contributed by atoms with Crippen molar-refractivity contribution in [2.24, 2.45) is 0 Å². The van der Waals surface area contributed by atoms with Gasteiger partial charge in [0.15, 0.2) is 5.82 Å². The molecule has 0 radical (unpaired) electrons. The van der Waals surface area contributed by atoms with Gasteiger partial charge in [-0.1, -0.05) is 5.16 Å². The van der Waals surface area contributed by atoms with E-state index in [0.717, 1.165) is 0 Å². The van der Waals surface area contributed by atoms with E-state index in [1.807, 2.05) is 0 Å².